The van der Waals surface area contributed by atoms with Gasteiger partial charge in [-0.25, -0.2) is 12.8 Å². The van der Waals surface area contributed by atoms with Crippen molar-refractivity contribution in [2.45, 2.75) is 18.7 Å². The first-order valence-corrected chi connectivity index (χ1v) is 9.59. The SMILES string of the molecule is Cc1cc(F)ccc1S(=O)(=O)Nc1ccccc1C(=O)NCC(C)CN.Cl. The van der Waals surface area contributed by atoms with Crippen molar-refractivity contribution in [3.63, 3.8) is 0 Å². The van der Waals surface area contributed by atoms with Gasteiger partial charge in [0.05, 0.1) is 16.1 Å². The highest BCUT2D eigenvalue weighted by Crippen LogP contribution is 2.22. The van der Waals surface area contributed by atoms with Crippen LogP contribution >= 0.6 is 12.4 Å². The minimum atomic E-state index is -3.97. The molecule has 2 rings (SSSR count). The average molecular weight is 416 g/mol. The van der Waals surface area contributed by atoms with Crippen molar-refractivity contribution < 1.29 is 17.6 Å². The number of nitrogens with one attached hydrogen (secondary N) is 2. The zero-order valence-corrected chi connectivity index (χ0v) is 16.7. The van der Waals surface area contributed by atoms with Gasteiger partial charge in [0.2, 0.25) is 0 Å². The van der Waals surface area contributed by atoms with Crippen LogP contribution in [0.15, 0.2) is 47.4 Å². The van der Waals surface area contributed by atoms with Crippen molar-refractivity contribution >= 4 is 34.0 Å². The predicted octanol–water partition coefficient (Wildman–Crippen LogP) is 2.68. The Morgan fingerprint density at radius 2 is 1.89 bits per heavy atom. The van der Waals surface area contributed by atoms with Crippen LogP contribution in [0.3, 0.4) is 0 Å². The molecule has 27 heavy (non-hydrogen) atoms. The number of rotatable bonds is 7. The minimum absolute atomic E-state index is 0. The number of carbonyl (C=O) groups is 1. The summed E-state index contributed by atoms with van der Waals surface area (Å²) in [6.07, 6.45) is 0. The highest BCUT2D eigenvalue weighted by molar-refractivity contribution is 7.92. The first-order valence-electron chi connectivity index (χ1n) is 8.11. The Morgan fingerprint density at radius 1 is 1.22 bits per heavy atom. The molecule has 0 aliphatic heterocycles. The Morgan fingerprint density at radius 3 is 2.52 bits per heavy atom. The molecule has 1 unspecified atom stereocenters. The average Bonchev–Trinajstić information content (AvgIpc) is 2.59. The van der Waals surface area contributed by atoms with Gasteiger partial charge in [-0.3, -0.25) is 9.52 Å². The summed E-state index contributed by atoms with van der Waals surface area (Å²) in [5.41, 5.74) is 6.15. The molecule has 0 heterocycles. The van der Waals surface area contributed by atoms with Crippen LogP contribution in [0.5, 0.6) is 0 Å². The summed E-state index contributed by atoms with van der Waals surface area (Å²) in [7, 11) is -3.97. The number of anilines is 1. The van der Waals surface area contributed by atoms with Gasteiger partial charge in [-0.1, -0.05) is 19.1 Å². The van der Waals surface area contributed by atoms with Gasteiger partial charge in [-0.2, -0.15) is 0 Å². The molecule has 0 aromatic heterocycles. The normalized spacial score (nSPS) is 12.0. The van der Waals surface area contributed by atoms with Gasteiger partial charge < -0.3 is 11.1 Å². The summed E-state index contributed by atoms with van der Waals surface area (Å²) in [4.78, 5) is 12.3. The molecule has 1 amide bonds. The summed E-state index contributed by atoms with van der Waals surface area (Å²) < 4.78 is 40.9. The van der Waals surface area contributed by atoms with Crippen LogP contribution in [-0.2, 0) is 10.0 Å². The maximum absolute atomic E-state index is 13.2. The first-order chi connectivity index (χ1) is 12.2. The van der Waals surface area contributed by atoms with Crippen LogP contribution in [0.1, 0.15) is 22.8 Å². The number of sulfonamides is 1. The van der Waals surface area contributed by atoms with Gasteiger partial charge in [-0.05, 0) is 55.3 Å². The lowest BCUT2D eigenvalue weighted by Gasteiger charge is -2.15. The lowest BCUT2D eigenvalue weighted by Crippen LogP contribution is -2.32. The van der Waals surface area contributed by atoms with Gasteiger partial charge in [0.25, 0.3) is 15.9 Å². The van der Waals surface area contributed by atoms with E-state index in [9.17, 15) is 17.6 Å². The van der Waals surface area contributed by atoms with Crippen molar-refractivity contribution in [3.8, 4) is 0 Å². The molecule has 4 N–H and O–H groups in total. The lowest BCUT2D eigenvalue weighted by molar-refractivity contribution is 0.0949. The summed E-state index contributed by atoms with van der Waals surface area (Å²) in [6.45, 7) is 4.21. The van der Waals surface area contributed by atoms with Crippen molar-refractivity contribution in [1.29, 1.82) is 0 Å². The lowest BCUT2D eigenvalue weighted by atomic mass is 10.1. The van der Waals surface area contributed by atoms with Crippen LogP contribution in [0.2, 0.25) is 0 Å². The van der Waals surface area contributed by atoms with E-state index in [1.54, 1.807) is 12.1 Å². The maximum atomic E-state index is 13.2. The Hall–Kier alpha value is -2.16. The first kappa shape index (κ1) is 22.9. The standard InChI is InChI=1S/C18H22FN3O3S.ClH/c1-12(10-20)11-21-18(23)15-5-3-4-6-16(15)22-26(24,25)17-8-7-14(19)9-13(17)2;/h3-9,12,22H,10-11,20H2,1-2H3,(H,21,23);1H. The van der Waals surface area contributed by atoms with Gasteiger partial charge in [0, 0.05) is 6.54 Å². The Bertz CT molecular complexity index is 906. The molecule has 0 aliphatic rings. The predicted molar refractivity (Wildman–Crippen MR) is 106 cm³/mol. The quantitative estimate of drug-likeness (QED) is 0.647. The van der Waals surface area contributed by atoms with E-state index in [0.29, 0.717) is 13.1 Å². The van der Waals surface area contributed by atoms with E-state index in [-0.39, 0.29) is 40.0 Å². The molecular formula is C18H23ClFN3O3S. The van der Waals surface area contributed by atoms with E-state index in [0.717, 1.165) is 12.1 Å². The van der Waals surface area contributed by atoms with Gasteiger partial charge in [0.15, 0.2) is 0 Å². The van der Waals surface area contributed by atoms with E-state index in [1.165, 1.54) is 25.1 Å². The maximum Gasteiger partial charge on any atom is 0.262 e. The molecule has 0 fully saturated rings. The second kappa shape index (κ2) is 9.68. The van der Waals surface area contributed by atoms with Crippen molar-refractivity contribution in [2.75, 3.05) is 17.8 Å². The number of hydrogen-bond acceptors (Lipinski definition) is 4. The number of amides is 1. The second-order valence-electron chi connectivity index (χ2n) is 6.11. The fraction of sp³-hybridized carbons (Fsp3) is 0.278. The Kier molecular flexibility index (Phi) is 8.20. The van der Waals surface area contributed by atoms with Crippen LogP contribution in [0, 0.1) is 18.7 Å². The largest absolute Gasteiger partial charge is 0.352 e. The molecule has 0 bridgehead atoms. The smallest absolute Gasteiger partial charge is 0.262 e. The summed E-state index contributed by atoms with van der Waals surface area (Å²) in [6, 6.07) is 9.70. The molecule has 6 nitrogen and oxygen atoms in total. The molecule has 0 aliphatic carbocycles. The van der Waals surface area contributed by atoms with Crippen LogP contribution < -0.4 is 15.8 Å². The van der Waals surface area contributed by atoms with Crippen molar-refractivity contribution in [2.24, 2.45) is 11.7 Å². The van der Waals surface area contributed by atoms with Gasteiger partial charge in [-0.15, -0.1) is 12.4 Å². The number of nitrogens with two attached hydrogens (primary N) is 1. The van der Waals surface area contributed by atoms with E-state index in [4.69, 9.17) is 5.73 Å². The third-order valence-corrected chi connectivity index (χ3v) is 5.38. The molecule has 148 valence electrons. The topological polar surface area (TPSA) is 101 Å². The molecule has 1 atom stereocenters. The molecule has 0 saturated heterocycles. The molecular weight excluding hydrogens is 393 g/mol. The minimum Gasteiger partial charge on any atom is -0.352 e. The third-order valence-electron chi connectivity index (χ3n) is 3.86. The van der Waals surface area contributed by atoms with E-state index < -0.39 is 21.7 Å². The number of para-hydroxylation sites is 1. The molecule has 2 aromatic carbocycles. The zero-order chi connectivity index (χ0) is 19.3. The zero-order valence-electron chi connectivity index (χ0n) is 15.0. The fourth-order valence-corrected chi connectivity index (χ4v) is 3.64. The molecule has 0 saturated carbocycles. The molecule has 9 heteroatoms. The van der Waals surface area contributed by atoms with E-state index in [1.807, 2.05) is 6.92 Å². The van der Waals surface area contributed by atoms with E-state index >= 15 is 0 Å². The molecule has 0 spiro atoms. The third kappa shape index (κ3) is 5.92. The second-order valence-corrected chi connectivity index (χ2v) is 7.76. The molecule has 0 radical (unpaired) electrons. The fourth-order valence-electron chi connectivity index (χ4n) is 2.33. The highest BCUT2D eigenvalue weighted by atomic mass is 35.5. The Balaban J connectivity index is 0.00000364. The van der Waals surface area contributed by atoms with Crippen molar-refractivity contribution in [1.82, 2.24) is 5.32 Å². The Labute approximate surface area is 164 Å². The number of carbonyl (C=O) groups excluding carboxylic acids is 1. The van der Waals surface area contributed by atoms with Gasteiger partial charge in [0.1, 0.15) is 5.82 Å². The highest BCUT2D eigenvalue weighted by Gasteiger charge is 2.20. The summed E-state index contributed by atoms with van der Waals surface area (Å²) in [5, 5.41) is 2.73. The number of halogens is 2. The summed E-state index contributed by atoms with van der Waals surface area (Å²) in [5.74, 6) is -0.820. The number of aryl methyl sites for hydroxylation is 1. The van der Waals surface area contributed by atoms with Crippen LogP contribution in [0.25, 0.3) is 0 Å². The van der Waals surface area contributed by atoms with Gasteiger partial charge >= 0.3 is 0 Å². The number of hydrogen-bond donors (Lipinski definition) is 3. The van der Waals surface area contributed by atoms with Crippen molar-refractivity contribution in [3.05, 3.63) is 59.4 Å². The van der Waals surface area contributed by atoms with E-state index in [2.05, 4.69) is 10.0 Å². The monoisotopic (exact) mass is 415 g/mol. The van der Waals surface area contributed by atoms with Crippen LogP contribution in [0.4, 0.5) is 10.1 Å². The van der Waals surface area contributed by atoms with Crippen LogP contribution in [-0.4, -0.2) is 27.4 Å². The number of benzene rings is 2. The summed E-state index contributed by atoms with van der Waals surface area (Å²) >= 11 is 0. The molecule has 2 aromatic rings.